The third-order valence-corrected chi connectivity index (χ3v) is 5.86. The Morgan fingerprint density at radius 2 is 2.07 bits per heavy atom. The average Bonchev–Trinajstić information content (AvgIpc) is 3.23. The number of ether oxygens (including phenoxy) is 1. The largest absolute Gasteiger partial charge is 0.364 e. The number of nitrogens with one attached hydrogen (secondary N) is 2. The maximum absolute atomic E-state index is 12.8. The fourth-order valence-corrected chi connectivity index (χ4v) is 3.98. The Kier molecular flexibility index (Phi) is 6.42. The van der Waals surface area contributed by atoms with E-state index < -0.39 is 6.10 Å². The van der Waals surface area contributed by atoms with Crippen molar-refractivity contribution in [3.8, 4) is 11.1 Å². The van der Waals surface area contributed by atoms with Gasteiger partial charge in [-0.2, -0.15) is 0 Å². The van der Waals surface area contributed by atoms with Crippen LogP contribution in [0, 0.1) is 0 Å². The predicted molar refractivity (Wildman–Crippen MR) is 117 cm³/mol. The number of amides is 2. The Balaban J connectivity index is 1.42. The minimum Gasteiger partial charge on any atom is -0.364 e. The molecule has 2 heterocycles. The van der Waals surface area contributed by atoms with E-state index in [1.54, 1.807) is 11.6 Å². The number of carbonyl (C=O) groups excluding carboxylic acids is 2. The van der Waals surface area contributed by atoms with Crippen LogP contribution in [0.5, 0.6) is 0 Å². The first kappa shape index (κ1) is 20.5. The maximum Gasteiger partial charge on any atom is 0.280 e. The standard InChI is InChI=1S/C22H20ClN3O3S/c23-17-6-4-14(5-7-17)15-2-1-3-16(12-15)19-20(27)26-18(8-10-29-19)13-25-21(28)22-24-9-11-30-22/h1-7,9,11-12,18-19H,8,10,13H2,(H,25,28)(H,26,27)/t18-,19-/m0/s1. The van der Waals surface area contributed by atoms with E-state index in [4.69, 9.17) is 16.3 Å². The molecular weight excluding hydrogens is 422 g/mol. The van der Waals surface area contributed by atoms with Gasteiger partial charge in [0, 0.05) is 29.2 Å². The zero-order valence-corrected chi connectivity index (χ0v) is 17.6. The zero-order chi connectivity index (χ0) is 20.9. The second kappa shape index (κ2) is 9.38. The number of rotatable bonds is 5. The lowest BCUT2D eigenvalue weighted by molar-refractivity contribution is -0.131. The van der Waals surface area contributed by atoms with Crippen molar-refractivity contribution < 1.29 is 14.3 Å². The van der Waals surface area contributed by atoms with Crippen molar-refractivity contribution >= 4 is 34.8 Å². The molecule has 154 valence electrons. The van der Waals surface area contributed by atoms with E-state index in [1.807, 2.05) is 48.5 Å². The molecule has 0 saturated carbocycles. The first-order chi connectivity index (χ1) is 14.6. The molecule has 1 fully saturated rings. The SMILES string of the molecule is O=C(NC[C@@H]1CCO[C@@H](c2cccc(-c3ccc(Cl)cc3)c2)C(=O)N1)c1nccs1. The van der Waals surface area contributed by atoms with Gasteiger partial charge in [0.1, 0.15) is 0 Å². The van der Waals surface area contributed by atoms with E-state index in [0.29, 0.717) is 29.6 Å². The summed E-state index contributed by atoms with van der Waals surface area (Å²) in [6.45, 7) is 0.734. The second-order valence-electron chi connectivity index (χ2n) is 6.92. The molecule has 8 heteroatoms. The highest BCUT2D eigenvalue weighted by Gasteiger charge is 2.28. The van der Waals surface area contributed by atoms with Crippen molar-refractivity contribution in [1.82, 2.24) is 15.6 Å². The Bertz CT molecular complexity index is 1020. The van der Waals surface area contributed by atoms with E-state index in [0.717, 1.165) is 16.7 Å². The molecular formula is C22H20ClN3O3S. The molecule has 6 nitrogen and oxygen atoms in total. The van der Waals surface area contributed by atoms with Crippen LogP contribution < -0.4 is 10.6 Å². The first-order valence-corrected chi connectivity index (χ1v) is 10.8. The van der Waals surface area contributed by atoms with E-state index in [-0.39, 0.29) is 17.9 Å². The molecule has 0 bridgehead atoms. The van der Waals surface area contributed by atoms with Gasteiger partial charge >= 0.3 is 0 Å². The third kappa shape index (κ3) is 4.87. The lowest BCUT2D eigenvalue weighted by Gasteiger charge is -2.17. The topological polar surface area (TPSA) is 80.3 Å². The number of nitrogens with zero attached hydrogens (tertiary/aromatic N) is 1. The Hall–Kier alpha value is -2.74. The summed E-state index contributed by atoms with van der Waals surface area (Å²) in [4.78, 5) is 28.9. The van der Waals surface area contributed by atoms with Crippen LogP contribution in [0.4, 0.5) is 0 Å². The average molecular weight is 442 g/mol. The monoisotopic (exact) mass is 441 g/mol. The summed E-state index contributed by atoms with van der Waals surface area (Å²) in [7, 11) is 0. The molecule has 30 heavy (non-hydrogen) atoms. The van der Waals surface area contributed by atoms with E-state index in [9.17, 15) is 9.59 Å². The Labute approximate surface area is 183 Å². The van der Waals surface area contributed by atoms with E-state index in [1.165, 1.54) is 11.3 Å². The van der Waals surface area contributed by atoms with Crippen molar-refractivity contribution in [2.75, 3.05) is 13.2 Å². The summed E-state index contributed by atoms with van der Waals surface area (Å²) < 4.78 is 5.86. The number of hydrogen-bond donors (Lipinski definition) is 2. The number of thiazole rings is 1. The van der Waals surface area contributed by atoms with Crippen LogP contribution in [0.15, 0.2) is 60.1 Å². The van der Waals surface area contributed by atoms with Crippen LogP contribution in [-0.2, 0) is 9.53 Å². The molecule has 1 saturated heterocycles. The van der Waals surface area contributed by atoms with Gasteiger partial charge in [0.15, 0.2) is 11.1 Å². The van der Waals surface area contributed by atoms with Gasteiger partial charge < -0.3 is 15.4 Å². The van der Waals surface area contributed by atoms with Crippen LogP contribution in [0.1, 0.15) is 27.9 Å². The molecule has 2 atom stereocenters. The van der Waals surface area contributed by atoms with E-state index in [2.05, 4.69) is 15.6 Å². The number of benzene rings is 2. The van der Waals surface area contributed by atoms with Crippen molar-refractivity contribution in [3.63, 3.8) is 0 Å². The van der Waals surface area contributed by atoms with Crippen molar-refractivity contribution in [1.29, 1.82) is 0 Å². The summed E-state index contributed by atoms with van der Waals surface area (Å²) in [5, 5.41) is 8.63. The predicted octanol–water partition coefficient (Wildman–Crippen LogP) is 3.84. The number of aromatic nitrogens is 1. The lowest BCUT2D eigenvalue weighted by Crippen LogP contribution is -2.44. The van der Waals surface area contributed by atoms with Crippen LogP contribution >= 0.6 is 22.9 Å². The van der Waals surface area contributed by atoms with Gasteiger partial charge in [-0.1, -0.05) is 41.9 Å². The molecule has 0 radical (unpaired) electrons. The number of carbonyl (C=O) groups is 2. The highest BCUT2D eigenvalue weighted by molar-refractivity contribution is 7.11. The molecule has 0 spiro atoms. The highest BCUT2D eigenvalue weighted by Crippen LogP contribution is 2.27. The molecule has 2 N–H and O–H groups in total. The van der Waals surface area contributed by atoms with Crippen LogP contribution in [-0.4, -0.2) is 36.0 Å². The van der Waals surface area contributed by atoms with Gasteiger partial charge in [0.2, 0.25) is 0 Å². The van der Waals surface area contributed by atoms with Crippen LogP contribution in [0.2, 0.25) is 5.02 Å². The maximum atomic E-state index is 12.8. The van der Waals surface area contributed by atoms with Crippen LogP contribution in [0.3, 0.4) is 0 Å². The molecule has 1 aromatic heterocycles. The minimum absolute atomic E-state index is 0.203. The summed E-state index contributed by atoms with van der Waals surface area (Å²) >= 11 is 7.25. The number of hydrogen-bond acceptors (Lipinski definition) is 5. The smallest absolute Gasteiger partial charge is 0.280 e. The highest BCUT2D eigenvalue weighted by atomic mass is 35.5. The normalized spacial score (nSPS) is 19.0. The molecule has 1 aliphatic rings. The quantitative estimate of drug-likeness (QED) is 0.630. The molecule has 0 aliphatic carbocycles. The van der Waals surface area contributed by atoms with Crippen LogP contribution in [0.25, 0.3) is 11.1 Å². The zero-order valence-electron chi connectivity index (χ0n) is 16.0. The summed E-state index contributed by atoms with van der Waals surface area (Å²) in [5.41, 5.74) is 2.78. The molecule has 0 unspecified atom stereocenters. The second-order valence-corrected chi connectivity index (χ2v) is 8.26. The number of halogens is 1. The molecule has 4 rings (SSSR count). The van der Waals surface area contributed by atoms with Gasteiger partial charge in [-0.25, -0.2) is 4.98 Å². The molecule has 2 amide bonds. The molecule has 3 aromatic rings. The lowest BCUT2D eigenvalue weighted by atomic mass is 10.0. The van der Waals surface area contributed by atoms with Gasteiger partial charge in [-0.05, 0) is 41.3 Å². The summed E-state index contributed by atoms with van der Waals surface area (Å²) in [6.07, 6.45) is 1.50. The Morgan fingerprint density at radius 1 is 1.23 bits per heavy atom. The fraction of sp³-hybridized carbons (Fsp3) is 0.227. The summed E-state index contributed by atoms with van der Waals surface area (Å²) in [5.74, 6) is -0.453. The Morgan fingerprint density at radius 3 is 2.83 bits per heavy atom. The van der Waals surface area contributed by atoms with E-state index >= 15 is 0 Å². The van der Waals surface area contributed by atoms with Gasteiger partial charge in [-0.3, -0.25) is 9.59 Å². The van der Waals surface area contributed by atoms with Crippen molar-refractivity contribution in [3.05, 3.63) is 75.7 Å². The summed E-state index contributed by atoms with van der Waals surface area (Å²) in [6, 6.07) is 15.1. The fourth-order valence-electron chi connectivity index (χ4n) is 3.30. The van der Waals surface area contributed by atoms with Gasteiger partial charge in [0.25, 0.3) is 11.8 Å². The third-order valence-electron chi connectivity index (χ3n) is 4.84. The first-order valence-electron chi connectivity index (χ1n) is 9.56. The minimum atomic E-state index is -0.697. The molecule has 2 aromatic carbocycles. The van der Waals surface area contributed by atoms with Gasteiger partial charge in [0.05, 0.1) is 6.61 Å². The van der Waals surface area contributed by atoms with Crippen molar-refractivity contribution in [2.24, 2.45) is 0 Å². The van der Waals surface area contributed by atoms with Crippen molar-refractivity contribution in [2.45, 2.75) is 18.6 Å². The molecule has 1 aliphatic heterocycles. The van der Waals surface area contributed by atoms with Gasteiger partial charge in [-0.15, -0.1) is 11.3 Å².